The number of allylic oxidation sites excluding steroid dienone is 1. The van der Waals surface area contributed by atoms with E-state index < -0.39 is 14.4 Å². The van der Waals surface area contributed by atoms with Crippen molar-refractivity contribution in [3.05, 3.63) is 109 Å². The first-order chi connectivity index (χ1) is 18.1. The molecule has 3 aromatic carbocycles. The van der Waals surface area contributed by atoms with E-state index in [2.05, 4.69) is 76.2 Å². The van der Waals surface area contributed by atoms with Crippen molar-refractivity contribution < 1.29 is 18.8 Å². The van der Waals surface area contributed by atoms with Crippen molar-refractivity contribution in [3.63, 3.8) is 0 Å². The van der Waals surface area contributed by atoms with Gasteiger partial charge in [0.15, 0.2) is 5.78 Å². The lowest BCUT2D eigenvalue weighted by molar-refractivity contribution is -0.151. The summed E-state index contributed by atoms with van der Waals surface area (Å²) in [5, 5.41) is 2.26. The molecule has 3 atom stereocenters. The van der Waals surface area contributed by atoms with Gasteiger partial charge in [-0.3, -0.25) is 9.59 Å². The van der Waals surface area contributed by atoms with Crippen molar-refractivity contribution in [2.75, 3.05) is 6.61 Å². The van der Waals surface area contributed by atoms with Crippen LogP contribution >= 0.6 is 0 Å². The Morgan fingerprint density at radius 3 is 1.74 bits per heavy atom. The molecule has 4 nitrogen and oxygen atoms in total. The lowest BCUT2D eigenvalue weighted by atomic mass is 9.93. The van der Waals surface area contributed by atoms with Gasteiger partial charge in [-0.25, -0.2) is 0 Å². The predicted molar refractivity (Wildman–Crippen MR) is 157 cm³/mol. The van der Waals surface area contributed by atoms with Crippen molar-refractivity contribution in [3.8, 4) is 0 Å². The normalized spacial score (nSPS) is 14.6. The summed E-state index contributed by atoms with van der Waals surface area (Å²) in [5.74, 6) is -0.700. The van der Waals surface area contributed by atoms with Gasteiger partial charge in [0.05, 0.1) is 0 Å². The molecule has 0 saturated carbocycles. The molecule has 0 amide bonds. The van der Waals surface area contributed by atoms with Gasteiger partial charge in [0, 0.05) is 30.9 Å². The van der Waals surface area contributed by atoms with E-state index in [1.165, 1.54) is 17.3 Å². The van der Waals surface area contributed by atoms with Crippen LogP contribution in [-0.2, 0) is 14.0 Å². The van der Waals surface area contributed by atoms with Crippen LogP contribution in [0.15, 0.2) is 103 Å². The number of hydrogen-bond donors (Lipinski definition) is 0. The van der Waals surface area contributed by atoms with Crippen LogP contribution in [0.25, 0.3) is 0 Å². The van der Waals surface area contributed by atoms with Crippen molar-refractivity contribution in [2.45, 2.75) is 52.7 Å². The standard InChI is InChI=1S/C33H40O4Si/c1-25(22-23-31(35)28-16-10-7-11-17-28)32(37-27(3)34)26(2)24-36-38(33(4,5)6,29-18-12-8-13-19-29)30-20-14-9-15-21-30/h7-23,25-26,32H,24H2,1-6H3/b23-22+/t25-,26+,32-/m1/s1. The summed E-state index contributed by atoms with van der Waals surface area (Å²) in [5.41, 5.74) is 0.628. The van der Waals surface area contributed by atoms with Gasteiger partial charge in [-0.1, -0.05) is 132 Å². The predicted octanol–water partition coefficient (Wildman–Crippen LogP) is 6.21. The fraction of sp³-hybridized carbons (Fsp3) is 0.333. The van der Waals surface area contributed by atoms with Gasteiger partial charge in [0.2, 0.25) is 0 Å². The molecule has 0 N–H and O–H groups in total. The van der Waals surface area contributed by atoms with Crippen molar-refractivity contribution >= 4 is 30.4 Å². The first kappa shape index (κ1) is 29.3. The van der Waals surface area contributed by atoms with Crippen molar-refractivity contribution in [2.24, 2.45) is 11.8 Å². The second kappa shape index (κ2) is 13.0. The Kier molecular flexibility index (Phi) is 10.0. The molecule has 38 heavy (non-hydrogen) atoms. The highest BCUT2D eigenvalue weighted by Gasteiger charge is 2.50. The lowest BCUT2D eigenvalue weighted by Gasteiger charge is -2.44. The van der Waals surface area contributed by atoms with Crippen LogP contribution in [0.5, 0.6) is 0 Å². The van der Waals surface area contributed by atoms with Crippen LogP contribution in [0.1, 0.15) is 51.9 Å². The zero-order chi connectivity index (χ0) is 27.8. The minimum atomic E-state index is -2.73. The summed E-state index contributed by atoms with van der Waals surface area (Å²) < 4.78 is 12.9. The van der Waals surface area contributed by atoms with Gasteiger partial charge in [0.25, 0.3) is 8.32 Å². The zero-order valence-electron chi connectivity index (χ0n) is 23.4. The van der Waals surface area contributed by atoms with Crippen LogP contribution in [0.2, 0.25) is 5.04 Å². The summed E-state index contributed by atoms with van der Waals surface area (Å²) in [6.07, 6.45) is 2.97. The molecular weight excluding hydrogens is 488 g/mol. The molecule has 0 heterocycles. The van der Waals surface area contributed by atoms with Gasteiger partial charge in [-0.05, 0) is 21.5 Å². The van der Waals surface area contributed by atoms with E-state index in [4.69, 9.17) is 9.16 Å². The molecular formula is C33H40O4Si. The third-order valence-corrected chi connectivity index (χ3v) is 12.0. The van der Waals surface area contributed by atoms with Gasteiger partial charge in [-0.2, -0.15) is 0 Å². The Morgan fingerprint density at radius 2 is 1.29 bits per heavy atom. The topological polar surface area (TPSA) is 52.6 Å². The summed E-state index contributed by atoms with van der Waals surface area (Å²) in [7, 11) is -2.73. The molecule has 0 aliphatic heterocycles. The largest absolute Gasteiger partial charge is 0.462 e. The lowest BCUT2D eigenvalue weighted by Crippen LogP contribution is -2.67. The average molecular weight is 529 g/mol. The first-order valence-electron chi connectivity index (χ1n) is 13.3. The van der Waals surface area contributed by atoms with Crippen LogP contribution in [0.4, 0.5) is 0 Å². The second-order valence-electron chi connectivity index (χ2n) is 11.0. The summed E-state index contributed by atoms with van der Waals surface area (Å²) >= 11 is 0. The Hall–Kier alpha value is -3.28. The molecule has 0 spiro atoms. The number of ketones is 1. The van der Waals surface area contributed by atoms with E-state index in [1.54, 1.807) is 18.2 Å². The molecule has 0 aromatic heterocycles. The number of esters is 1. The highest BCUT2D eigenvalue weighted by atomic mass is 28.4. The SMILES string of the molecule is CC(=O)O[C@H]([C@H](C)/C=C/C(=O)c1ccccc1)[C@@H](C)CO[Si](c1ccccc1)(c1ccccc1)C(C)(C)C. The number of hydrogen-bond acceptors (Lipinski definition) is 4. The van der Waals surface area contributed by atoms with E-state index in [-0.39, 0.29) is 28.6 Å². The number of carbonyl (C=O) groups is 2. The monoisotopic (exact) mass is 528 g/mol. The number of rotatable bonds is 11. The van der Waals surface area contributed by atoms with Crippen molar-refractivity contribution in [1.82, 2.24) is 0 Å². The fourth-order valence-corrected chi connectivity index (χ4v) is 9.76. The second-order valence-corrected chi connectivity index (χ2v) is 15.3. The van der Waals surface area contributed by atoms with Crippen LogP contribution in [0, 0.1) is 11.8 Å². The van der Waals surface area contributed by atoms with E-state index in [0.29, 0.717) is 12.2 Å². The maximum atomic E-state index is 12.6. The highest BCUT2D eigenvalue weighted by molar-refractivity contribution is 6.99. The summed E-state index contributed by atoms with van der Waals surface area (Å²) in [6, 6.07) is 30.1. The molecule has 0 unspecified atom stereocenters. The van der Waals surface area contributed by atoms with Crippen LogP contribution < -0.4 is 10.4 Å². The molecule has 3 aromatic rings. The Labute approximate surface area is 228 Å². The molecule has 0 radical (unpaired) electrons. The van der Waals surface area contributed by atoms with E-state index in [1.807, 2.05) is 43.3 Å². The molecule has 0 fully saturated rings. The average Bonchev–Trinajstić information content (AvgIpc) is 2.91. The quantitative estimate of drug-likeness (QED) is 0.129. The third-order valence-electron chi connectivity index (χ3n) is 6.97. The summed E-state index contributed by atoms with van der Waals surface area (Å²) in [4.78, 5) is 24.7. The maximum Gasteiger partial charge on any atom is 0.302 e. The van der Waals surface area contributed by atoms with Gasteiger partial charge in [0.1, 0.15) is 6.10 Å². The Balaban J connectivity index is 1.90. The maximum absolute atomic E-state index is 12.6. The zero-order valence-corrected chi connectivity index (χ0v) is 24.4. The Bertz CT molecular complexity index is 1160. The molecule has 0 bridgehead atoms. The first-order valence-corrected chi connectivity index (χ1v) is 15.2. The number of carbonyl (C=O) groups excluding carboxylic acids is 2. The molecule has 3 rings (SSSR count). The van der Waals surface area contributed by atoms with Gasteiger partial charge in [-0.15, -0.1) is 0 Å². The van der Waals surface area contributed by atoms with Gasteiger partial charge >= 0.3 is 5.97 Å². The minimum Gasteiger partial charge on any atom is -0.462 e. The fourth-order valence-electron chi connectivity index (χ4n) is 5.09. The molecule has 0 aliphatic carbocycles. The van der Waals surface area contributed by atoms with Gasteiger partial charge < -0.3 is 9.16 Å². The smallest absolute Gasteiger partial charge is 0.302 e. The molecule has 5 heteroatoms. The van der Waals surface area contributed by atoms with E-state index in [9.17, 15) is 9.59 Å². The van der Waals surface area contributed by atoms with Crippen molar-refractivity contribution in [1.29, 1.82) is 0 Å². The summed E-state index contributed by atoms with van der Waals surface area (Å²) in [6.45, 7) is 12.6. The van der Waals surface area contributed by atoms with Crippen LogP contribution in [-0.4, -0.2) is 32.8 Å². The third kappa shape index (κ3) is 6.97. The molecule has 0 aliphatic rings. The molecule has 200 valence electrons. The number of ether oxygens (including phenoxy) is 1. The number of benzene rings is 3. The minimum absolute atomic E-state index is 0.0739. The van der Waals surface area contributed by atoms with Crippen LogP contribution in [0.3, 0.4) is 0 Å². The van der Waals surface area contributed by atoms with E-state index in [0.717, 1.165) is 0 Å². The molecule has 0 saturated heterocycles. The Morgan fingerprint density at radius 1 is 0.816 bits per heavy atom. The highest BCUT2D eigenvalue weighted by Crippen LogP contribution is 2.37. The van der Waals surface area contributed by atoms with E-state index >= 15 is 0 Å².